The van der Waals surface area contributed by atoms with Gasteiger partial charge in [0.25, 0.3) is 0 Å². The fraction of sp³-hybridized carbons (Fsp3) is 0.167. The summed E-state index contributed by atoms with van der Waals surface area (Å²) < 4.78 is 44.0. The Morgan fingerprint density at radius 3 is 2.50 bits per heavy atom. The Hall–Kier alpha value is -3.16. The first kappa shape index (κ1) is 17.7. The predicted molar refractivity (Wildman–Crippen MR) is 88.2 cm³/mol. The summed E-state index contributed by atoms with van der Waals surface area (Å²) >= 11 is 0. The predicted octanol–water partition coefficient (Wildman–Crippen LogP) is 4.33. The van der Waals surface area contributed by atoms with Crippen LogP contribution in [0.5, 0.6) is 0 Å². The van der Waals surface area contributed by atoms with E-state index in [0.29, 0.717) is 16.7 Å². The molecule has 0 unspecified atom stereocenters. The third-order valence-corrected chi connectivity index (χ3v) is 3.70. The fourth-order valence-electron chi connectivity index (χ4n) is 2.56. The average Bonchev–Trinajstić information content (AvgIpc) is 3.11. The van der Waals surface area contributed by atoms with E-state index >= 15 is 0 Å². The quantitative estimate of drug-likeness (QED) is 0.702. The largest absolute Gasteiger partial charge is 0.461 e. The van der Waals surface area contributed by atoms with Crippen molar-refractivity contribution in [3.63, 3.8) is 0 Å². The SMILES string of the molecule is CCOC(=O)c1n[nH]nc1-c1ccccc1-c1cccc(C(F)(F)F)c1. The van der Waals surface area contributed by atoms with Gasteiger partial charge in [-0.15, -0.1) is 5.10 Å². The van der Waals surface area contributed by atoms with E-state index in [2.05, 4.69) is 15.4 Å². The number of hydrogen-bond acceptors (Lipinski definition) is 4. The van der Waals surface area contributed by atoms with E-state index in [4.69, 9.17) is 4.74 Å². The van der Waals surface area contributed by atoms with Crippen molar-refractivity contribution in [1.82, 2.24) is 15.4 Å². The number of rotatable bonds is 4. The van der Waals surface area contributed by atoms with Crippen LogP contribution in [0.2, 0.25) is 0 Å². The van der Waals surface area contributed by atoms with Gasteiger partial charge in [-0.05, 0) is 30.2 Å². The zero-order valence-electron chi connectivity index (χ0n) is 13.7. The number of nitrogens with zero attached hydrogens (tertiary/aromatic N) is 2. The topological polar surface area (TPSA) is 67.9 Å². The summed E-state index contributed by atoms with van der Waals surface area (Å²) in [6.45, 7) is 1.83. The summed E-state index contributed by atoms with van der Waals surface area (Å²) in [6.07, 6.45) is -4.45. The van der Waals surface area contributed by atoms with Crippen molar-refractivity contribution in [1.29, 1.82) is 0 Å². The molecule has 0 aliphatic rings. The van der Waals surface area contributed by atoms with Crippen LogP contribution in [0.3, 0.4) is 0 Å². The van der Waals surface area contributed by atoms with Gasteiger partial charge in [-0.2, -0.15) is 23.5 Å². The van der Waals surface area contributed by atoms with Crippen molar-refractivity contribution < 1.29 is 22.7 Å². The Morgan fingerprint density at radius 1 is 1.08 bits per heavy atom. The van der Waals surface area contributed by atoms with E-state index < -0.39 is 17.7 Å². The van der Waals surface area contributed by atoms with Gasteiger partial charge in [0.1, 0.15) is 5.69 Å². The highest BCUT2D eigenvalue weighted by Crippen LogP contribution is 2.36. The third-order valence-electron chi connectivity index (χ3n) is 3.70. The number of aromatic amines is 1. The Kier molecular flexibility index (Phi) is 4.75. The summed E-state index contributed by atoms with van der Waals surface area (Å²) in [5.41, 5.74) is 0.771. The monoisotopic (exact) mass is 361 g/mol. The fourth-order valence-corrected chi connectivity index (χ4v) is 2.56. The van der Waals surface area contributed by atoms with Crippen molar-refractivity contribution in [3.8, 4) is 22.4 Å². The number of H-pyrrole nitrogens is 1. The highest BCUT2D eigenvalue weighted by Gasteiger charge is 2.30. The zero-order chi connectivity index (χ0) is 18.7. The molecule has 0 aliphatic carbocycles. The summed E-state index contributed by atoms with van der Waals surface area (Å²) in [5, 5.41) is 10.2. The number of ether oxygens (including phenoxy) is 1. The molecule has 0 atom stereocenters. The third kappa shape index (κ3) is 3.44. The normalized spacial score (nSPS) is 11.4. The maximum absolute atomic E-state index is 13.0. The van der Waals surface area contributed by atoms with Gasteiger partial charge >= 0.3 is 12.1 Å². The van der Waals surface area contributed by atoms with E-state index in [0.717, 1.165) is 12.1 Å². The van der Waals surface area contributed by atoms with E-state index in [1.165, 1.54) is 6.07 Å². The first-order valence-corrected chi connectivity index (χ1v) is 7.76. The molecule has 0 saturated heterocycles. The maximum Gasteiger partial charge on any atom is 0.416 e. The molecule has 1 N–H and O–H groups in total. The molecule has 0 aliphatic heterocycles. The van der Waals surface area contributed by atoms with Crippen LogP contribution >= 0.6 is 0 Å². The number of carbonyl (C=O) groups excluding carboxylic acids is 1. The molecular formula is C18H14F3N3O2. The van der Waals surface area contributed by atoms with Gasteiger partial charge in [-0.25, -0.2) is 4.79 Å². The lowest BCUT2D eigenvalue weighted by Crippen LogP contribution is -2.07. The molecule has 0 fully saturated rings. The van der Waals surface area contributed by atoms with Crippen LogP contribution < -0.4 is 0 Å². The Labute approximate surface area is 146 Å². The van der Waals surface area contributed by atoms with E-state index in [1.807, 2.05) is 0 Å². The van der Waals surface area contributed by atoms with Crippen molar-refractivity contribution in [2.24, 2.45) is 0 Å². The van der Waals surface area contributed by atoms with Gasteiger partial charge < -0.3 is 4.74 Å². The maximum atomic E-state index is 13.0. The summed E-state index contributed by atoms with van der Waals surface area (Å²) in [7, 11) is 0. The molecule has 1 heterocycles. The van der Waals surface area contributed by atoms with Crippen molar-refractivity contribution in [3.05, 3.63) is 59.8 Å². The van der Waals surface area contributed by atoms with E-state index in [9.17, 15) is 18.0 Å². The van der Waals surface area contributed by atoms with E-state index in [-0.39, 0.29) is 18.0 Å². The molecular weight excluding hydrogens is 347 g/mol. The molecule has 0 bridgehead atoms. The second-order valence-electron chi connectivity index (χ2n) is 5.37. The van der Waals surface area contributed by atoms with Gasteiger partial charge in [0.15, 0.2) is 5.69 Å². The minimum atomic E-state index is -4.45. The van der Waals surface area contributed by atoms with Crippen LogP contribution in [0.15, 0.2) is 48.5 Å². The zero-order valence-corrected chi connectivity index (χ0v) is 13.7. The average molecular weight is 361 g/mol. The Balaban J connectivity index is 2.12. The second kappa shape index (κ2) is 6.99. The second-order valence-corrected chi connectivity index (χ2v) is 5.37. The molecule has 5 nitrogen and oxygen atoms in total. The van der Waals surface area contributed by atoms with Gasteiger partial charge in [0.05, 0.1) is 12.2 Å². The minimum Gasteiger partial charge on any atom is -0.461 e. The van der Waals surface area contributed by atoms with Gasteiger partial charge in [0.2, 0.25) is 0 Å². The molecule has 134 valence electrons. The number of hydrogen-bond donors (Lipinski definition) is 1. The van der Waals surface area contributed by atoms with Gasteiger partial charge in [-0.1, -0.05) is 36.4 Å². The molecule has 26 heavy (non-hydrogen) atoms. The number of benzene rings is 2. The molecule has 0 amide bonds. The van der Waals surface area contributed by atoms with Gasteiger partial charge in [-0.3, -0.25) is 0 Å². The van der Waals surface area contributed by atoms with Crippen LogP contribution in [0.1, 0.15) is 23.0 Å². The van der Waals surface area contributed by atoms with Crippen LogP contribution in [-0.4, -0.2) is 28.0 Å². The number of carbonyl (C=O) groups is 1. The number of alkyl halides is 3. The lowest BCUT2D eigenvalue weighted by Gasteiger charge is -2.12. The molecule has 2 aromatic carbocycles. The molecule has 8 heteroatoms. The standard InChI is InChI=1S/C18H14F3N3O2/c1-2-26-17(25)16-15(22-24-23-16)14-9-4-3-8-13(14)11-6-5-7-12(10-11)18(19,20)21/h3-10H,2H2,1H3,(H,22,23,24). The van der Waals surface area contributed by atoms with E-state index in [1.54, 1.807) is 37.3 Å². The van der Waals surface area contributed by atoms with Crippen LogP contribution in [-0.2, 0) is 10.9 Å². The smallest absolute Gasteiger partial charge is 0.416 e. The lowest BCUT2D eigenvalue weighted by atomic mass is 9.95. The first-order valence-electron chi connectivity index (χ1n) is 7.76. The molecule has 3 rings (SSSR count). The van der Waals surface area contributed by atoms with Crippen molar-refractivity contribution in [2.75, 3.05) is 6.61 Å². The minimum absolute atomic E-state index is 0.0220. The Bertz CT molecular complexity index is 935. The van der Waals surface area contributed by atoms with Crippen LogP contribution in [0.25, 0.3) is 22.4 Å². The summed E-state index contributed by atoms with van der Waals surface area (Å²) in [4.78, 5) is 12.0. The van der Waals surface area contributed by atoms with Crippen LogP contribution in [0, 0.1) is 0 Å². The van der Waals surface area contributed by atoms with Crippen LogP contribution in [0.4, 0.5) is 13.2 Å². The number of esters is 1. The van der Waals surface area contributed by atoms with Gasteiger partial charge in [0, 0.05) is 5.56 Å². The molecule has 3 aromatic rings. The number of aromatic nitrogens is 3. The molecule has 0 spiro atoms. The highest BCUT2D eigenvalue weighted by molar-refractivity contribution is 5.96. The van der Waals surface area contributed by atoms with Crippen molar-refractivity contribution >= 4 is 5.97 Å². The summed E-state index contributed by atoms with van der Waals surface area (Å²) in [6, 6.07) is 11.7. The molecule has 1 aromatic heterocycles. The molecule has 0 saturated carbocycles. The van der Waals surface area contributed by atoms with Crippen molar-refractivity contribution in [2.45, 2.75) is 13.1 Å². The number of halogens is 3. The number of nitrogens with one attached hydrogen (secondary N) is 1. The lowest BCUT2D eigenvalue weighted by molar-refractivity contribution is -0.137. The summed E-state index contributed by atoms with van der Waals surface area (Å²) in [5.74, 6) is -0.657. The molecule has 0 radical (unpaired) electrons. The highest BCUT2D eigenvalue weighted by atomic mass is 19.4. The Morgan fingerprint density at radius 2 is 1.81 bits per heavy atom. The first-order chi connectivity index (χ1) is 12.4.